The van der Waals surface area contributed by atoms with E-state index in [1.165, 1.54) is 11.6 Å². The van der Waals surface area contributed by atoms with E-state index in [1.807, 2.05) is 6.07 Å². The van der Waals surface area contributed by atoms with Crippen LogP contribution in [0.4, 0.5) is 4.39 Å². The molecule has 100 valence electrons. The lowest BCUT2D eigenvalue weighted by atomic mass is 9.97. The van der Waals surface area contributed by atoms with Gasteiger partial charge in [-0.3, -0.25) is 0 Å². The van der Waals surface area contributed by atoms with Crippen molar-refractivity contribution in [3.63, 3.8) is 0 Å². The fourth-order valence-electron chi connectivity index (χ4n) is 2.21. The summed E-state index contributed by atoms with van der Waals surface area (Å²) in [7, 11) is 0. The molecule has 0 spiro atoms. The Labute approximate surface area is 114 Å². The Balaban J connectivity index is 2.41. The SMILES string of the molecule is CCNCc1cc(F)ccc1-c1cccc(CC)c1. The zero-order valence-electron chi connectivity index (χ0n) is 11.5. The van der Waals surface area contributed by atoms with Gasteiger partial charge in [-0.2, -0.15) is 0 Å². The van der Waals surface area contributed by atoms with Gasteiger partial charge in [0, 0.05) is 6.54 Å². The van der Waals surface area contributed by atoms with Crippen molar-refractivity contribution >= 4 is 0 Å². The van der Waals surface area contributed by atoms with Crippen LogP contribution >= 0.6 is 0 Å². The minimum atomic E-state index is -0.178. The van der Waals surface area contributed by atoms with E-state index >= 15 is 0 Å². The largest absolute Gasteiger partial charge is 0.313 e. The van der Waals surface area contributed by atoms with E-state index in [4.69, 9.17) is 0 Å². The molecule has 0 saturated carbocycles. The Morgan fingerprint density at radius 2 is 1.89 bits per heavy atom. The van der Waals surface area contributed by atoms with Crippen LogP contribution in [-0.2, 0) is 13.0 Å². The summed E-state index contributed by atoms with van der Waals surface area (Å²) in [6.07, 6.45) is 1.01. The Bertz CT molecular complexity index is 549. The van der Waals surface area contributed by atoms with Gasteiger partial charge in [0.25, 0.3) is 0 Å². The number of nitrogens with one attached hydrogen (secondary N) is 1. The minimum Gasteiger partial charge on any atom is -0.313 e. The molecule has 2 aromatic carbocycles. The zero-order valence-corrected chi connectivity index (χ0v) is 11.5. The predicted molar refractivity (Wildman–Crippen MR) is 78.6 cm³/mol. The first-order valence-corrected chi connectivity index (χ1v) is 6.83. The molecule has 0 aromatic heterocycles. The average molecular weight is 257 g/mol. The molecule has 0 atom stereocenters. The van der Waals surface area contributed by atoms with E-state index in [9.17, 15) is 4.39 Å². The van der Waals surface area contributed by atoms with Crippen LogP contribution in [0, 0.1) is 5.82 Å². The highest BCUT2D eigenvalue weighted by Gasteiger charge is 2.06. The number of halogens is 1. The van der Waals surface area contributed by atoms with Crippen LogP contribution in [0.15, 0.2) is 42.5 Å². The highest BCUT2D eigenvalue weighted by Crippen LogP contribution is 2.25. The van der Waals surface area contributed by atoms with Gasteiger partial charge >= 0.3 is 0 Å². The molecule has 0 aliphatic carbocycles. The Morgan fingerprint density at radius 1 is 1.05 bits per heavy atom. The maximum Gasteiger partial charge on any atom is 0.123 e. The molecule has 2 rings (SSSR count). The third-order valence-corrected chi connectivity index (χ3v) is 3.28. The van der Waals surface area contributed by atoms with Gasteiger partial charge in [-0.1, -0.05) is 44.2 Å². The van der Waals surface area contributed by atoms with Crippen molar-refractivity contribution in [1.29, 1.82) is 0 Å². The molecule has 19 heavy (non-hydrogen) atoms. The summed E-state index contributed by atoms with van der Waals surface area (Å²) in [6.45, 7) is 5.77. The van der Waals surface area contributed by atoms with Gasteiger partial charge in [0.1, 0.15) is 5.82 Å². The fraction of sp³-hybridized carbons (Fsp3) is 0.294. The van der Waals surface area contributed by atoms with Gasteiger partial charge in [-0.25, -0.2) is 4.39 Å². The minimum absolute atomic E-state index is 0.178. The van der Waals surface area contributed by atoms with E-state index in [0.717, 1.165) is 29.7 Å². The van der Waals surface area contributed by atoms with Crippen molar-refractivity contribution in [2.24, 2.45) is 0 Å². The molecule has 0 aliphatic rings. The van der Waals surface area contributed by atoms with Gasteiger partial charge in [0.05, 0.1) is 0 Å². The van der Waals surface area contributed by atoms with Gasteiger partial charge < -0.3 is 5.32 Å². The summed E-state index contributed by atoms with van der Waals surface area (Å²) in [4.78, 5) is 0. The monoisotopic (exact) mass is 257 g/mol. The van der Waals surface area contributed by atoms with Crippen molar-refractivity contribution in [2.45, 2.75) is 26.8 Å². The average Bonchev–Trinajstić information content (AvgIpc) is 2.45. The second-order valence-corrected chi connectivity index (χ2v) is 4.64. The molecule has 0 saturated heterocycles. The third kappa shape index (κ3) is 3.42. The summed E-state index contributed by atoms with van der Waals surface area (Å²) >= 11 is 0. The quantitative estimate of drug-likeness (QED) is 0.848. The highest BCUT2D eigenvalue weighted by molar-refractivity contribution is 5.68. The molecule has 0 amide bonds. The van der Waals surface area contributed by atoms with Gasteiger partial charge in [0.15, 0.2) is 0 Å². The van der Waals surface area contributed by atoms with Crippen LogP contribution in [0.3, 0.4) is 0 Å². The normalized spacial score (nSPS) is 10.7. The van der Waals surface area contributed by atoms with Crippen LogP contribution < -0.4 is 5.32 Å². The van der Waals surface area contributed by atoms with Crippen LogP contribution in [0.2, 0.25) is 0 Å². The van der Waals surface area contributed by atoms with E-state index < -0.39 is 0 Å². The molecule has 0 bridgehead atoms. The Kier molecular flexibility index (Phi) is 4.69. The summed E-state index contributed by atoms with van der Waals surface area (Å²) in [6, 6.07) is 13.5. The standard InChI is InChI=1S/C17H20FN/c1-3-13-6-5-7-14(10-13)17-9-8-16(18)11-15(17)12-19-4-2/h5-11,19H,3-4,12H2,1-2H3. The smallest absolute Gasteiger partial charge is 0.123 e. The lowest BCUT2D eigenvalue weighted by Crippen LogP contribution is -2.12. The molecule has 0 radical (unpaired) electrons. The molecule has 0 aliphatic heterocycles. The van der Waals surface area contributed by atoms with Crippen LogP contribution in [-0.4, -0.2) is 6.54 Å². The van der Waals surface area contributed by atoms with Crippen molar-refractivity contribution in [3.8, 4) is 11.1 Å². The zero-order chi connectivity index (χ0) is 13.7. The van der Waals surface area contributed by atoms with Gasteiger partial charge in [0.2, 0.25) is 0 Å². The number of hydrogen-bond donors (Lipinski definition) is 1. The Hall–Kier alpha value is -1.67. The van der Waals surface area contributed by atoms with Crippen molar-refractivity contribution in [1.82, 2.24) is 5.32 Å². The second-order valence-electron chi connectivity index (χ2n) is 4.64. The summed E-state index contributed by atoms with van der Waals surface area (Å²) in [5.41, 5.74) is 4.58. The van der Waals surface area contributed by atoms with Crippen LogP contribution in [0.5, 0.6) is 0 Å². The maximum atomic E-state index is 13.4. The molecule has 2 aromatic rings. The lowest BCUT2D eigenvalue weighted by molar-refractivity contribution is 0.622. The number of aryl methyl sites for hydroxylation is 1. The molecule has 0 heterocycles. The number of rotatable bonds is 5. The fourth-order valence-corrected chi connectivity index (χ4v) is 2.21. The summed E-state index contributed by atoms with van der Waals surface area (Å²) in [5.74, 6) is -0.178. The van der Waals surface area contributed by atoms with Gasteiger partial charge in [-0.05, 0) is 47.4 Å². The first kappa shape index (κ1) is 13.8. The third-order valence-electron chi connectivity index (χ3n) is 3.28. The van der Waals surface area contributed by atoms with E-state index in [1.54, 1.807) is 6.07 Å². The summed E-state index contributed by atoms with van der Waals surface area (Å²) in [5, 5.41) is 3.26. The molecule has 1 N–H and O–H groups in total. The molecule has 2 heteroatoms. The van der Waals surface area contributed by atoms with Gasteiger partial charge in [-0.15, -0.1) is 0 Å². The van der Waals surface area contributed by atoms with Crippen molar-refractivity contribution in [2.75, 3.05) is 6.54 Å². The van der Waals surface area contributed by atoms with E-state index in [0.29, 0.717) is 6.54 Å². The predicted octanol–water partition coefficient (Wildman–Crippen LogP) is 4.16. The van der Waals surface area contributed by atoms with Crippen molar-refractivity contribution in [3.05, 3.63) is 59.4 Å². The number of benzene rings is 2. The van der Waals surface area contributed by atoms with Crippen molar-refractivity contribution < 1.29 is 4.39 Å². The highest BCUT2D eigenvalue weighted by atomic mass is 19.1. The molecular weight excluding hydrogens is 237 g/mol. The topological polar surface area (TPSA) is 12.0 Å². The molecule has 0 unspecified atom stereocenters. The first-order valence-electron chi connectivity index (χ1n) is 6.83. The molecule has 0 fully saturated rings. The maximum absolute atomic E-state index is 13.4. The van der Waals surface area contributed by atoms with Crippen LogP contribution in [0.25, 0.3) is 11.1 Å². The molecular formula is C17H20FN. The number of hydrogen-bond acceptors (Lipinski definition) is 1. The first-order chi connectivity index (χ1) is 9.24. The molecule has 1 nitrogen and oxygen atoms in total. The lowest BCUT2D eigenvalue weighted by Gasteiger charge is -2.11. The second kappa shape index (κ2) is 6.48. The summed E-state index contributed by atoms with van der Waals surface area (Å²) < 4.78 is 13.4. The van der Waals surface area contributed by atoms with Crippen LogP contribution in [0.1, 0.15) is 25.0 Å². The Morgan fingerprint density at radius 3 is 2.63 bits per heavy atom. The van der Waals surface area contributed by atoms with E-state index in [-0.39, 0.29) is 5.82 Å². The van der Waals surface area contributed by atoms with E-state index in [2.05, 4.69) is 43.4 Å².